The van der Waals surface area contributed by atoms with Crippen LogP contribution in [0.5, 0.6) is 5.75 Å². The summed E-state index contributed by atoms with van der Waals surface area (Å²) in [4.78, 5) is 15.6. The van der Waals surface area contributed by atoms with Crippen molar-refractivity contribution in [2.24, 2.45) is 5.92 Å². The SMILES string of the molecule is COc1ccc(CC2CCN(CC(=O)NCc3cccs3)CC2)cc1. The highest BCUT2D eigenvalue weighted by Crippen LogP contribution is 2.22. The average Bonchev–Trinajstić information content (AvgIpc) is 3.16. The van der Waals surface area contributed by atoms with Crippen molar-refractivity contribution in [2.75, 3.05) is 26.7 Å². The number of hydrogen-bond donors (Lipinski definition) is 1. The molecular weight excluding hydrogens is 332 g/mol. The summed E-state index contributed by atoms with van der Waals surface area (Å²) in [5.41, 5.74) is 1.37. The molecule has 0 radical (unpaired) electrons. The Morgan fingerprint density at radius 2 is 2.00 bits per heavy atom. The van der Waals surface area contributed by atoms with Crippen molar-refractivity contribution >= 4 is 17.2 Å². The first-order valence-corrected chi connectivity index (χ1v) is 9.75. The molecule has 1 amide bonds. The monoisotopic (exact) mass is 358 g/mol. The van der Waals surface area contributed by atoms with Crippen LogP contribution in [-0.2, 0) is 17.8 Å². The minimum atomic E-state index is 0.127. The number of amides is 1. The van der Waals surface area contributed by atoms with Gasteiger partial charge in [0.2, 0.25) is 5.91 Å². The van der Waals surface area contributed by atoms with Gasteiger partial charge >= 0.3 is 0 Å². The molecule has 0 unspecified atom stereocenters. The normalized spacial score (nSPS) is 15.9. The maximum atomic E-state index is 12.1. The van der Waals surface area contributed by atoms with Crippen molar-refractivity contribution in [3.05, 3.63) is 52.2 Å². The smallest absolute Gasteiger partial charge is 0.234 e. The Hall–Kier alpha value is -1.85. The third kappa shape index (κ3) is 5.58. The average molecular weight is 359 g/mol. The molecule has 1 fully saturated rings. The van der Waals surface area contributed by atoms with Gasteiger partial charge < -0.3 is 10.1 Å². The van der Waals surface area contributed by atoms with Crippen LogP contribution in [0, 0.1) is 5.92 Å². The van der Waals surface area contributed by atoms with Gasteiger partial charge in [-0.15, -0.1) is 11.3 Å². The zero-order valence-electron chi connectivity index (χ0n) is 14.7. The highest BCUT2D eigenvalue weighted by molar-refractivity contribution is 7.09. The second kappa shape index (κ2) is 9.02. The predicted octanol–water partition coefficient (Wildman–Crippen LogP) is 3.33. The lowest BCUT2D eigenvalue weighted by Gasteiger charge is -2.31. The Balaban J connectivity index is 1.37. The van der Waals surface area contributed by atoms with E-state index in [1.165, 1.54) is 10.4 Å². The largest absolute Gasteiger partial charge is 0.497 e. The number of methoxy groups -OCH3 is 1. The summed E-state index contributed by atoms with van der Waals surface area (Å²) in [6, 6.07) is 12.4. The van der Waals surface area contributed by atoms with E-state index in [-0.39, 0.29) is 5.91 Å². The molecule has 25 heavy (non-hydrogen) atoms. The van der Waals surface area contributed by atoms with Crippen LogP contribution < -0.4 is 10.1 Å². The maximum Gasteiger partial charge on any atom is 0.234 e. The molecule has 1 aliphatic rings. The summed E-state index contributed by atoms with van der Waals surface area (Å²) in [7, 11) is 1.70. The number of thiophene rings is 1. The van der Waals surface area contributed by atoms with Gasteiger partial charge in [-0.05, 0) is 67.4 Å². The van der Waals surface area contributed by atoms with Crippen LogP contribution in [0.4, 0.5) is 0 Å². The zero-order chi connectivity index (χ0) is 17.5. The van der Waals surface area contributed by atoms with Crippen LogP contribution in [0.15, 0.2) is 41.8 Å². The Morgan fingerprint density at radius 3 is 2.64 bits per heavy atom. The topological polar surface area (TPSA) is 41.6 Å². The van der Waals surface area contributed by atoms with Gasteiger partial charge in [-0.25, -0.2) is 0 Å². The standard InChI is InChI=1S/C20H26N2O2S/c1-24-18-6-4-16(5-7-18)13-17-8-10-22(11-9-17)15-20(23)21-14-19-3-2-12-25-19/h2-7,12,17H,8-11,13-15H2,1H3,(H,21,23). The summed E-state index contributed by atoms with van der Waals surface area (Å²) in [5.74, 6) is 1.74. The summed E-state index contributed by atoms with van der Waals surface area (Å²) < 4.78 is 5.21. The van der Waals surface area contributed by atoms with E-state index in [0.717, 1.165) is 38.1 Å². The molecule has 1 N–H and O–H groups in total. The molecule has 0 atom stereocenters. The van der Waals surface area contributed by atoms with Crippen LogP contribution in [0.1, 0.15) is 23.3 Å². The number of carbonyl (C=O) groups is 1. The van der Waals surface area contributed by atoms with Gasteiger partial charge in [-0.2, -0.15) is 0 Å². The Morgan fingerprint density at radius 1 is 1.24 bits per heavy atom. The van der Waals surface area contributed by atoms with Crippen molar-refractivity contribution in [1.29, 1.82) is 0 Å². The highest BCUT2D eigenvalue weighted by atomic mass is 32.1. The van der Waals surface area contributed by atoms with Crippen LogP contribution in [0.3, 0.4) is 0 Å². The summed E-state index contributed by atoms with van der Waals surface area (Å²) in [5, 5.41) is 5.05. The summed E-state index contributed by atoms with van der Waals surface area (Å²) in [6.07, 6.45) is 3.43. The van der Waals surface area contributed by atoms with Gasteiger partial charge in [0, 0.05) is 4.88 Å². The number of likely N-dealkylation sites (tertiary alicyclic amines) is 1. The molecule has 4 nitrogen and oxygen atoms in total. The molecule has 0 spiro atoms. The molecule has 2 aromatic rings. The molecule has 1 aromatic carbocycles. The number of piperidine rings is 1. The van der Waals surface area contributed by atoms with E-state index in [9.17, 15) is 4.79 Å². The van der Waals surface area contributed by atoms with E-state index in [4.69, 9.17) is 4.74 Å². The van der Waals surface area contributed by atoms with E-state index in [2.05, 4.69) is 28.4 Å². The predicted molar refractivity (Wildman–Crippen MR) is 102 cm³/mol. The fourth-order valence-corrected chi connectivity index (χ4v) is 3.95. The van der Waals surface area contributed by atoms with E-state index >= 15 is 0 Å². The fraction of sp³-hybridized carbons (Fsp3) is 0.450. The van der Waals surface area contributed by atoms with Gasteiger partial charge in [0.15, 0.2) is 0 Å². The van der Waals surface area contributed by atoms with Crippen molar-refractivity contribution in [1.82, 2.24) is 10.2 Å². The molecule has 2 heterocycles. The first-order valence-electron chi connectivity index (χ1n) is 8.87. The van der Waals surface area contributed by atoms with Crippen LogP contribution in [0.25, 0.3) is 0 Å². The second-order valence-corrected chi connectivity index (χ2v) is 7.66. The Bertz CT molecular complexity index is 647. The van der Waals surface area contributed by atoms with E-state index < -0.39 is 0 Å². The fourth-order valence-electron chi connectivity index (χ4n) is 3.30. The molecule has 1 aliphatic heterocycles. The van der Waals surface area contributed by atoms with Gasteiger partial charge in [0.1, 0.15) is 5.75 Å². The van der Waals surface area contributed by atoms with Crippen LogP contribution in [-0.4, -0.2) is 37.6 Å². The first kappa shape index (κ1) is 18.0. The molecule has 0 saturated carbocycles. The zero-order valence-corrected chi connectivity index (χ0v) is 15.6. The van der Waals surface area contributed by atoms with Crippen LogP contribution >= 0.6 is 11.3 Å². The summed E-state index contributed by atoms with van der Waals surface area (Å²) >= 11 is 1.68. The molecule has 0 aliphatic carbocycles. The number of ether oxygens (including phenoxy) is 1. The third-order valence-corrected chi connectivity index (χ3v) is 5.67. The second-order valence-electron chi connectivity index (χ2n) is 6.63. The molecule has 5 heteroatoms. The quantitative estimate of drug-likeness (QED) is 0.825. The van der Waals surface area contributed by atoms with Crippen molar-refractivity contribution in [2.45, 2.75) is 25.8 Å². The molecule has 1 saturated heterocycles. The van der Waals surface area contributed by atoms with E-state index in [0.29, 0.717) is 19.0 Å². The lowest BCUT2D eigenvalue weighted by atomic mass is 9.90. The number of nitrogens with zero attached hydrogens (tertiary/aromatic N) is 1. The number of carbonyl (C=O) groups excluding carboxylic acids is 1. The van der Waals surface area contributed by atoms with Crippen molar-refractivity contribution in [3.8, 4) is 5.75 Å². The van der Waals surface area contributed by atoms with Crippen molar-refractivity contribution < 1.29 is 9.53 Å². The third-order valence-electron chi connectivity index (χ3n) is 4.80. The van der Waals surface area contributed by atoms with Gasteiger partial charge in [-0.3, -0.25) is 9.69 Å². The van der Waals surface area contributed by atoms with Gasteiger partial charge in [-0.1, -0.05) is 18.2 Å². The van der Waals surface area contributed by atoms with Gasteiger partial charge in [0.25, 0.3) is 0 Å². The van der Waals surface area contributed by atoms with Crippen LogP contribution in [0.2, 0.25) is 0 Å². The molecule has 3 rings (SSSR count). The molecule has 0 bridgehead atoms. The maximum absolute atomic E-state index is 12.1. The molecular formula is C20H26N2O2S. The molecule has 1 aromatic heterocycles. The Labute approximate surface area is 153 Å². The number of hydrogen-bond acceptors (Lipinski definition) is 4. The number of benzene rings is 1. The minimum Gasteiger partial charge on any atom is -0.497 e. The lowest BCUT2D eigenvalue weighted by molar-refractivity contribution is -0.122. The minimum absolute atomic E-state index is 0.127. The first-order chi connectivity index (χ1) is 12.2. The van der Waals surface area contributed by atoms with E-state index in [1.54, 1.807) is 18.4 Å². The van der Waals surface area contributed by atoms with Crippen molar-refractivity contribution in [3.63, 3.8) is 0 Å². The Kier molecular flexibility index (Phi) is 6.48. The molecule has 134 valence electrons. The highest BCUT2D eigenvalue weighted by Gasteiger charge is 2.21. The lowest BCUT2D eigenvalue weighted by Crippen LogP contribution is -2.41. The van der Waals surface area contributed by atoms with E-state index in [1.807, 2.05) is 23.6 Å². The summed E-state index contributed by atoms with van der Waals surface area (Å²) in [6.45, 7) is 3.17. The number of rotatable bonds is 7. The number of nitrogens with one attached hydrogen (secondary N) is 1. The van der Waals surface area contributed by atoms with Gasteiger partial charge in [0.05, 0.1) is 20.2 Å².